The minimum Gasteiger partial charge on any atom is -0.384 e. The van der Waals surface area contributed by atoms with Gasteiger partial charge >= 0.3 is 0 Å². The molecule has 1 aromatic rings. The molecule has 110 valence electrons. The van der Waals surface area contributed by atoms with E-state index in [0.717, 1.165) is 4.90 Å². The molecule has 0 atom stereocenters. The number of amides is 3. The SMILES string of the molecule is NC(=O)CN(CC(N)=O)C(=O)c1cncc(C#CCO)c1. The average molecular weight is 290 g/mol. The Morgan fingerprint density at radius 2 is 1.81 bits per heavy atom. The number of aliphatic hydroxyl groups is 1. The predicted octanol–water partition coefficient (Wildman–Crippen LogP) is -2.16. The van der Waals surface area contributed by atoms with Crippen molar-refractivity contribution in [1.82, 2.24) is 9.88 Å². The van der Waals surface area contributed by atoms with Crippen LogP contribution in [0.25, 0.3) is 0 Å². The molecule has 1 aromatic heterocycles. The highest BCUT2D eigenvalue weighted by Crippen LogP contribution is 2.06. The van der Waals surface area contributed by atoms with Crippen molar-refractivity contribution in [2.45, 2.75) is 0 Å². The van der Waals surface area contributed by atoms with Gasteiger partial charge in [-0.05, 0) is 6.07 Å². The van der Waals surface area contributed by atoms with E-state index in [4.69, 9.17) is 16.6 Å². The van der Waals surface area contributed by atoms with Crippen LogP contribution in [0, 0.1) is 11.8 Å². The third-order valence-corrected chi connectivity index (χ3v) is 2.28. The first kappa shape index (κ1) is 16.1. The number of rotatable bonds is 5. The summed E-state index contributed by atoms with van der Waals surface area (Å²) < 4.78 is 0. The second-order valence-corrected chi connectivity index (χ2v) is 4.02. The maximum absolute atomic E-state index is 12.2. The van der Waals surface area contributed by atoms with Crippen molar-refractivity contribution >= 4 is 17.7 Å². The van der Waals surface area contributed by atoms with E-state index in [9.17, 15) is 14.4 Å². The van der Waals surface area contributed by atoms with E-state index in [1.54, 1.807) is 0 Å². The summed E-state index contributed by atoms with van der Waals surface area (Å²) in [6.07, 6.45) is 2.67. The minimum atomic E-state index is -0.770. The smallest absolute Gasteiger partial charge is 0.256 e. The fraction of sp³-hybridized carbons (Fsp3) is 0.231. The van der Waals surface area contributed by atoms with E-state index in [2.05, 4.69) is 16.8 Å². The Bertz CT molecular complexity index is 602. The van der Waals surface area contributed by atoms with Crippen LogP contribution < -0.4 is 11.5 Å². The number of carbonyl (C=O) groups is 3. The van der Waals surface area contributed by atoms with Gasteiger partial charge in [-0.2, -0.15) is 0 Å². The van der Waals surface area contributed by atoms with Crippen LogP contribution in [0.15, 0.2) is 18.5 Å². The molecular formula is C13H14N4O4. The third-order valence-electron chi connectivity index (χ3n) is 2.28. The number of primary amides is 2. The van der Waals surface area contributed by atoms with Gasteiger partial charge < -0.3 is 21.5 Å². The quantitative estimate of drug-likeness (QED) is 0.530. The van der Waals surface area contributed by atoms with E-state index in [1.165, 1.54) is 18.5 Å². The lowest BCUT2D eigenvalue weighted by atomic mass is 10.2. The highest BCUT2D eigenvalue weighted by molar-refractivity contribution is 5.98. The lowest BCUT2D eigenvalue weighted by Crippen LogP contribution is -2.43. The molecule has 0 bridgehead atoms. The lowest BCUT2D eigenvalue weighted by Gasteiger charge is -2.19. The van der Waals surface area contributed by atoms with Crippen molar-refractivity contribution in [3.8, 4) is 11.8 Å². The summed E-state index contributed by atoms with van der Waals surface area (Å²) in [5.41, 5.74) is 10.6. The second-order valence-electron chi connectivity index (χ2n) is 4.02. The van der Waals surface area contributed by atoms with Crippen molar-refractivity contribution in [1.29, 1.82) is 0 Å². The summed E-state index contributed by atoms with van der Waals surface area (Å²) in [5, 5.41) is 8.62. The molecule has 0 saturated heterocycles. The zero-order valence-electron chi connectivity index (χ0n) is 11.1. The maximum Gasteiger partial charge on any atom is 0.256 e. The maximum atomic E-state index is 12.2. The standard InChI is InChI=1S/C13H14N4O4/c14-11(19)7-17(8-12(15)20)13(21)10-4-9(2-1-3-18)5-16-6-10/h4-6,18H,3,7-8H2,(H2,14,19)(H2,15,20). The van der Waals surface area contributed by atoms with Gasteiger partial charge in [-0.25, -0.2) is 0 Å². The summed E-state index contributed by atoms with van der Waals surface area (Å²) in [6, 6.07) is 1.42. The second kappa shape index (κ2) is 7.62. The summed E-state index contributed by atoms with van der Waals surface area (Å²) in [4.78, 5) is 38.9. The van der Waals surface area contributed by atoms with Gasteiger partial charge in [-0.1, -0.05) is 11.8 Å². The van der Waals surface area contributed by atoms with Crippen molar-refractivity contribution in [2.24, 2.45) is 11.5 Å². The van der Waals surface area contributed by atoms with Crippen molar-refractivity contribution < 1.29 is 19.5 Å². The number of carbonyl (C=O) groups excluding carboxylic acids is 3. The Morgan fingerprint density at radius 3 is 2.33 bits per heavy atom. The zero-order chi connectivity index (χ0) is 15.8. The van der Waals surface area contributed by atoms with Gasteiger partial charge in [0.25, 0.3) is 5.91 Å². The van der Waals surface area contributed by atoms with Gasteiger partial charge in [0.2, 0.25) is 11.8 Å². The van der Waals surface area contributed by atoms with Crippen LogP contribution in [0.5, 0.6) is 0 Å². The number of hydrogen-bond donors (Lipinski definition) is 3. The number of pyridine rings is 1. The highest BCUT2D eigenvalue weighted by Gasteiger charge is 2.20. The highest BCUT2D eigenvalue weighted by atomic mass is 16.2. The molecule has 0 radical (unpaired) electrons. The number of hydrogen-bond acceptors (Lipinski definition) is 5. The summed E-state index contributed by atoms with van der Waals surface area (Å²) in [6.45, 7) is -1.20. The molecule has 5 N–H and O–H groups in total. The molecule has 0 spiro atoms. The van der Waals surface area contributed by atoms with Crippen molar-refractivity contribution in [2.75, 3.05) is 19.7 Å². The molecule has 21 heavy (non-hydrogen) atoms. The first-order chi connectivity index (χ1) is 9.93. The molecule has 1 rings (SSSR count). The molecule has 0 saturated carbocycles. The van der Waals surface area contributed by atoms with Crippen LogP contribution in [0.3, 0.4) is 0 Å². The Hall–Kier alpha value is -2.92. The molecule has 3 amide bonds. The molecule has 8 nitrogen and oxygen atoms in total. The molecule has 0 fully saturated rings. The Labute approximate surface area is 120 Å². The predicted molar refractivity (Wildman–Crippen MR) is 72.5 cm³/mol. The summed E-state index contributed by atoms with van der Waals surface area (Å²) >= 11 is 0. The molecule has 1 heterocycles. The number of nitrogens with zero attached hydrogens (tertiary/aromatic N) is 2. The van der Waals surface area contributed by atoms with Gasteiger partial charge in [0, 0.05) is 18.0 Å². The van der Waals surface area contributed by atoms with Crippen LogP contribution >= 0.6 is 0 Å². The van der Waals surface area contributed by atoms with Crippen molar-refractivity contribution in [3.63, 3.8) is 0 Å². The van der Waals surface area contributed by atoms with Gasteiger partial charge in [-0.15, -0.1) is 0 Å². The fourth-order valence-electron chi connectivity index (χ4n) is 1.53. The Morgan fingerprint density at radius 1 is 1.19 bits per heavy atom. The Kier molecular flexibility index (Phi) is 5.85. The molecule has 0 aliphatic heterocycles. The summed E-state index contributed by atoms with van der Waals surface area (Å²) in [5.74, 6) is 2.85. The van der Waals surface area contributed by atoms with Gasteiger partial charge in [0.15, 0.2) is 0 Å². The van der Waals surface area contributed by atoms with E-state index in [-0.39, 0.29) is 12.2 Å². The van der Waals surface area contributed by atoms with Gasteiger partial charge in [0.1, 0.15) is 19.7 Å². The fourth-order valence-corrected chi connectivity index (χ4v) is 1.53. The van der Waals surface area contributed by atoms with E-state index < -0.39 is 30.8 Å². The molecule has 0 aliphatic rings. The average Bonchev–Trinajstić information content (AvgIpc) is 2.43. The topological polar surface area (TPSA) is 140 Å². The van der Waals surface area contributed by atoms with E-state index in [1.807, 2.05) is 0 Å². The van der Waals surface area contributed by atoms with Crippen LogP contribution in [-0.2, 0) is 9.59 Å². The van der Waals surface area contributed by atoms with E-state index >= 15 is 0 Å². The molecular weight excluding hydrogens is 276 g/mol. The third kappa shape index (κ3) is 5.30. The van der Waals surface area contributed by atoms with Gasteiger partial charge in [0.05, 0.1) is 5.56 Å². The largest absolute Gasteiger partial charge is 0.384 e. The Balaban J connectivity index is 3.02. The number of nitrogens with two attached hydrogens (primary N) is 2. The van der Waals surface area contributed by atoms with Crippen LogP contribution in [0.2, 0.25) is 0 Å². The van der Waals surface area contributed by atoms with Crippen LogP contribution in [-0.4, -0.2) is 52.4 Å². The first-order valence-electron chi connectivity index (χ1n) is 5.84. The molecule has 0 unspecified atom stereocenters. The normalized spacial score (nSPS) is 9.38. The number of aromatic nitrogens is 1. The summed E-state index contributed by atoms with van der Waals surface area (Å²) in [7, 11) is 0. The van der Waals surface area contributed by atoms with Crippen LogP contribution in [0.4, 0.5) is 0 Å². The zero-order valence-corrected chi connectivity index (χ0v) is 11.1. The lowest BCUT2D eigenvalue weighted by molar-refractivity contribution is -0.121. The minimum absolute atomic E-state index is 0.127. The van der Waals surface area contributed by atoms with Crippen molar-refractivity contribution in [3.05, 3.63) is 29.6 Å². The number of aliphatic hydroxyl groups excluding tert-OH is 1. The van der Waals surface area contributed by atoms with E-state index in [0.29, 0.717) is 5.56 Å². The van der Waals surface area contributed by atoms with Gasteiger partial charge in [-0.3, -0.25) is 19.4 Å². The first-order valence-corrected chi connectivity index (χ1v) is 5.84. The molecule has 0 aromatic carbocycles. The molecule has 8 heteroatoms. The molecule has 0 aliphatic carbocycles. The van der Waals surface area contributed by atoms with Crippen LogP contribution in [0.1, 0.15) is 15.9 Å². The monoisotopic (exact) mass is 290 g/mol.